The number of hydrogen-bond donors (Lipinski definition) is 2. The van der Waals surface area contributed by atoms with Crippen molar-refractivity contribution in [3.05, 3.63) is 30.5 Å². The average Bonchev–Trinajstić information content (AvgIpc) is 2.34. The summed E-state index contributed by atoms with van der Waals surface area (Å²) in [6, 6.07) is 1.51. The van der Waals surface area contributed by atoms with Gasteiger partial charge in [-0.25, -0.2) is 0 Å². The molecule has 1 atom stereocenters. The van der Waals surface area contributed by atoms with Gasteiger partial charge in [-0.15, -0.1) is 6.58 Å². The van der Waals surface area contributed by atoms with E-state index in [4.69, 9.17) is 15.9 Å². The van der Waals surface area contributed by atoms with Gasteiger partial charge < -0.3 is 15.9 Å². The third kappa shape index (κ3) is 1.19. The quantitative estimate of drug-likeness (QED) is 0.600. The molecule has 0 saturated heterocycles. The third-order valence-corrected chi connectivity index (χ3v) is 1.28. The summed E-state index contributed by atoms with van der Waals surface area (Å²) in [5, 5.41) is 0. The summed E-state index contributed by atoms with van der Waals surface area (Å²) in [5.41, 5.74) is 11.7. The highest BCUT2D eigenvalue weighted by Gasteiger charge is 2.03. The highest BCUT2D eigenvalue weighted by molar-refractivity contribution is 5.31. The molecule has 0 bridgehead atoms. The number of furan rings is 1. The van der Waals surface area contributed by atoms with E-state index in [1.54, 1.807) is 12.1 Å². The fourth-order valence-corrected chi connectivity index (χ4v) is 0.679. The van der Waals surface area contributed by atoms with Gasteiger partial charge >= 0.3 is 0 Å². The lowest BCUT2D eigenvalue weighted by molar-refractivity contribution is 0.582. The Balaban J connectivity index is 2.84. The molecule has 10 heavy (non-hydrogen) atoms. The summed E-state index contributed by atoms with van der Waals surface area (Å²) >= 11 is 0. The lowest BCUT2D eigenvalue weighted by Crippen LogP contribution is -2.04. The van der Waals surface area contributed by atoms with E-state index in [0.717, 1.165) is 5.56 Å². The van der Waals surface area contributed by atoms with Gasteiger partial charge in [0.2, 0.25) is 0 Å². The summed E-state index contributed by atoms with van der Waals surface area (Å²) in [6.07, 6.45) is 3.16. The van der Waals surface area contributed by atoms with Crippen LogP contribution in [0.15, 0.2) is 29.4 Å². The van der Waals surface area contributed by atoms with Crippen LogP contribution in [0.1, 0.15) is 11.6 Å². The minimum absolute atomic E-state index is 0.180. The highest BCUT2D eigenvalue weighted by Crippen LogP contribution is 2.15. The summed E-state index contributed by atoms with van der Waals surface area (Å²) in [5.74, 6) is 0.382. The first-order chi connectivity index (χ1) is 4.74. The first-order valence-corrected chi connectivity index (χ1v) is 2.96. The Morgan fingerprint density at radius 3 is 2.80 bits per heavy atom. The molecule has 1 unspecified atom stereocenters. The zero-order valence-electron chi connectivity index (χ0n) is 5.58. The highest BCUT2D eigenvalue weighted by atomic mass is 16.3. The van der Waals surface area contributed by atoms with Crippen LogP contribution in [0, 0.1) is 0 Å². The monoisotopic (exact) mass is 138 g/mol. The molecule has 0 radical (unpaired) electrons. The molecule has 0 saturated carbocycles. The second-order valence-corrected chi connectivity index (χ2v) is 2.04. The molecule has 4 N–H and O–H groups in total. The van der Waals surface area contributed by atoms with E-state index in [0.29, 0.717) is 5.88 Å². The molecule has 1 heterocycles. The molecule has 54 valence electrons. The molecule has 0 aliphatic carbocycles. The zero-order chi connectivity index (χ0) is 7.56. The van der Waals surface area contributed by atoms with Gasteiger partial charge in [-0.1, -0.05) is 6.08 Å². The van der Waals surface area contributed by atoms with Gasteiger partial charge in [-0.3, -0.25) is 0 Å². The fraction of sp³-hybridized carbons (Fsp3) is 0.143. The third-order valence-electron chi connectivity index (χ3n) is 1.28. The van der Waals surface area contributed by atoms with Crippen molar-refractivity contribution in [1.82, 2.24) is 0 Å². The SMILES string of the molecule is C=CC(N)c1coc(N)c1. The standard InChI is InChI=1S/C7H10N2O/c1-2-6(8)5-3-7(9)10-4-5/h2-4,6H,1,8-9H2. The van der Waals surface area contributed by atoms with E-state index >= 15 is 0 Å². The molecule has 0 spiro atoms. The van der Waals surface area contributed by atoms with Crippen molar-refractivity contribution in [2.75, 3.05) is 5.73 Å². The normalized spacial score (nSPS) is 12.9. The second kappa shape index (κ2) is 2.58. The van der Waals surface area contributed by atoms with Gasteiger partial charge in [-0.2, -0.15) is 0 Å². The first-order valence-electron chi connectivity index (χ1n) is 2.96. The van der Waals surface area contributed by atoms with Gasteiger partial charge in [0, 0.05) is 11.6 Å². The molecule has 0 fully saturated rings. The molecule has 1 rings (SSSR count). The van der Waals surface area contributed by atoms with Crippen molar-refractivity contribution in [3.8, 4) is 0 Å². The van der Waals surface area contributed by atoms with Crippen molar-refractivity contribution < 1.29 is 4.42 Å². The van der Waals surface area contributed by atoms with Crippen LogP contribution in [0.3, 0.4) is 0 Å². The van der Waals surface area contributed by atoms with Gasteiger partial charge in [0.1, 0.15) is 0 Å². The second-order valence-electron chi connectivity index (χ2n) is 2.04. The van der Waals surface area contributed by atoms with Crippen molar-refractivity contribution in [3.63, 3.8) is 0 Å². The number of nitrogen functional groups attached to an aromatic ring is 1. The van der Waals surface area contributed by atoms with Crippen LogP contribution in [-0.2, 0) is 0 Å². The van der Waals surface area contributed by atoms with Crippen LogP contribution in [0.4, 0.5) is 5.88 Å². The molecular formula is C7H10N2O. The van der Waals surface area contributed by atoms with Crippen LogP contribution in [0.5, 0.6) is 0 Å². The van der Waals surface area contributed by atoms with E-state index in [-0.39, 0.29) is 6.04 Å². The van der Waals surface area contributed by atoms with Gasteiger partial charge in [0.15, 0.2) is 5.88 Å². The molecule has 0 aliphatic heterocycles. The van der Waals surface area contributed by atoms with Crippen molar-refractivity contribution >= 4 is 5.88 Å². The molecule has 3 nitrogen and oxygen atoms in total. The summed E-state index contributed by atoms with van der Waals surface area (Å²) in [4.78, 5) is 0. The minimum Gasteiger partial charge on any atom is -0.449 e. The van der Waals surface area contributed by atoms with E-state index in [1.165, 1.54) is 6.26 Å². The number of rotatable bonds is 2. The maximum atomic E-state index is 5.57. The Bertz CT molecular complexity index is 229. The Hall–Kier alpha value is -1.22. The van der Waals surface area contributed by atoms with Gasteiger partial charge in [-0.05, 0) is 0 Å². The minimum atomic E-state index is -0.180. The van der Waals surface area contributed by atoms with Crippen molar-refractivity contribution in [2.45, 2.75) is 6.04 Å². The largest absolute Gasteiger partial charge is 0.449 e. The van der Waals surface area contributed by atoms with E-state index in [2.05, 4.69) is 6.58 Å². The molecule has 0 aromatic carbocycles. The van der Waals surface area contributed by atoms with Gasteiger partial charge in [0.25, 0.3) is 0 Å². The zero-order valence-corrected chi connectivity index (χ0v) is 5.58. The van der Waals surface area contributed by atoms with Crippen LogP contribution in [0.2, 0.25) is 0 Å². The molecule has 1 aromatic rings. The Morgan fingerprint density at radius 2 is 2.40 bits per heavy atom. The molecule has 0 amide bonds. The topological polar surface area (TPSA) is 65.2 Å². The predicted octanol–water partition coefficient (Wildman–Crippen LogP) is 1.05. The van der Waals surface area contributed by atoms with E-state index in [1.807, 2.05) is 0 Å². The van der Waals surface area contributed by atoms with Gasteiger partial charge in [0.05, 0.1) is 12.3 Å². The number of nitrogens with two attached hydrogens (primary N) is 2. The molecular weight excluding hydrogens is 128 g/mol. The van der Waals surface area contributed by atoms with Crippen LogP contribution >= 0.6 is 0 Å². The lowest BCUT2D eigenvalue weighted by atomic mass is 10.2. The smallest absolute Gasteiger partial charge is 0.190 e. The van der Waals surface area contributed by atoms with Crippen molar-refractivity contribution in [2.24, 2.45) is 5.73 Å². The predicted molar refractivity (Wildman–Crippen MR) is 40.2 cm³/mol. The molecule has 1 aromatic heterocycles. The van der Waals surface area contributed by atoms with Crippen LogP contribution < -0.4 is 11.5 Å². The average molecular weight is 138 g/mol. The molecule has 0 aliphatic rings. The van der Waals surface area contributed by atoms with Crippen LogP contribution in [-0.4, -0.2) is 0 Å². The van der Waals surface area contributed by atoms with E-state index in [9.17, 15) is 0 Å². The Morgan fingerprint density at radius 1 is 1.70 bits per heavy atom. The van der Waals surface area contributed by atoms with Crippen molar-refractivity contribution in [1.29, 1.82) is 0 Å². The number of hydrogen-bond acceptors (Lipinski definition) is 3. The Labute approximate surface area is 59.3 Å². The first kappa shape index (κ1) is 6.89. The molecule has 3 heteroatoms. The summed E-state index contributed by atoms with van der Waals surface area (Å²) in [6.45, 7) is 3.54. The number of anilines is 1. The Kier molecular flexibility index (Phi) is 1.78. The maximum absolute atomic E-state index is 5.57. The lowest BCUT2D eigenvalue weighted by Gasteiger charge is -1.98. The fourth-order valence-electron chi connectivity index (χ4n) is 0.679. The summed E-state index contributed by atoms with van der Waals surface area (Å²) < 4.78 is 4.84. The summed E-state index contributed by atoms with van der Waals surface area (Å²) in [7, 11) is 0. The maximum Gasteiger partial charge on any atom is 0.190 e. The van der Waals surface area contributed by atoms with Crippen LogP contribution in [0.25, 0.3) is 0 Å². The van der Waals surface area contributed by atoms with E-state index < -0.39 is 0 Å².